The standard InChI is InChI=1S/C11H15BrO/c1-5-13-10-6-7(2)11(12)9(4)8(10)3/h6H,5H2,1-4H3. The van der Waals surface area contributed by atoms with Gasteiger partial charge in [0.25, 0.3) is 0 Å². The summed E-state index contributed by atoms with van der Waals surface area (Å²) in [4.78, 5) is 0. The lowest BCUT2D eigenvalue weighted by Crippen LogP contribution is -1.97. The minimum atomic E-state index is 0.724. The molecule has 0 saturated heterocycles. The molecule has 72 valence electrons. The quantitative estimate of drug-likeness (QED) is 0.768. The van der Waals surface area contributed by atoms with Crippen LogP contribution in [0.1, 0.15) is 23.6 Å². The van der Waals surface area contributed by atoms with Crippen LogP contribution in [0.4, 0.5) is 0 Å². The molecular weight excluding hydrogens is 228 g/mol. The van der Waals surface area contributed by atoms with Crippen molar-refractivity contribution >= 4 is 15.9 Å². The van der Waals surface area contributed by atoms with Gasteiger partial charge in [0.05, 0.1) is 6.61 Å². The molecule has 0 unspecified atom stereocenters. The Hall–Kier alpha value is -0.500. The summed E-state index contributed by atoms with van der Waals surface area (Å²) in [5.41, 5.74) is 3.72. The van der Waals surface area contributed by atoms with E-state index in [-0.39, 0.29) is 0 Å². The summed E-state index contributed by atoms with van der Waals surface area (Å²) in [6.45, 7) is 9.01. The highest BCUT2D eigenvalue weighted by Crippen LogP contribution is 2.30. The van der Waals surface area contributed by atoms with Crippen molar-refractivity contribution in [3.05, 3.63) is 27.2 Å². The molecule has 0 saturated carbocycles. The normalized spacial score (nSPS) is 10.2. The number of aryl methyl sites for hydroxylation is 1. The Labute approximate surface area is 88.2 Å². The van der Waals surface area contributed by atoms with Crippen LogP contribution in [0.2, 0.25) is 0 Å². The molecule has 0 N–H and O–H groups in total. The maximum atomic E-state index is 5.53. The van der Waals surface area contributed by atoms with Gasteiger partial charge in [0.1, 0.15) is 5.75 Å². The minimum absolute atomic E-state index is 0.724. The molecular formula is C11H15BrO. The predicted octanol–water partition coefficient (Wildman–Crippen LogP) is 3.77. The number of hydrogen-bond acceptors (Lipinski definition) is 1. The van der Waals surface area contributed by atoms with Gasteiger partial charge in [0, 0.05) is 4.47 Å². The summed E-state index contributed by atoms with van der Waals surface area (Å²) in [6.07, 6.45) is 0. The summed E-state index contributed by atoms with van der Waals surface area (Å²) in [5.74, 6) is 1.00. The summed E-state index contributed by atoms with van der Waals surface area (Å²) in [5, 5.41) is 0. The van der Waals surface area contributed by atoms with E-state index in [1.807, 2.05) is 6.92 Å². The van der Waals surface area contributed by atoms with Crippen LogP contribution in [0.3, 0.4) is 0 Å². The lowest BCUT2D eigenvalue weighted by molar-refractivity contribution is 0.337. The first kappa shape index (κ1) is 10.6. The van der Waals surface area contributed by atoms with Crippen molar-refractivity contribution < 1.29 is 4.74 Å². The van der Waals surface area contributed by atoms with Crippen LogP contribution in [0.5, 0.6) is 5.75 Å². The fourth-order valence-electron chi connectivity index (χ4n) is 1.32. The van der Waals surface area contributed by atoms with Crippen LogP contribution in [0.15, 0.2) is 10.5 Å². The first-order chi connectivity index (χ1) is 6.07. The Morgan fingerprint density at radius 1 is 1.23 bits per heavy atom. The second kappa shape index (κ2) is 4.14. The second-order valence-electron chi connectivity index (χ2n) is 3.19. The van der Waals surface area contributed by atoms with Gasteiger partial charge in [-0.3, -0.25) is 0 Å². The van der Waals surface area contributed by atoms with Crippen molar-refractivity contribution in [2.24, 2.45) is 0 Å². The molecule has 0 aliphatic heterocycles. The lowest BCUT2D eigenvalue weighted by atomic mass is 10.1. The Morgan fingerprint density at radius 3 is 2.38 bits per heavy atom. The second-order valence-corrected chi connectivity index (χ2v) is 3.98. The molecule has 0 heterocycles. The van der Waals surface area contributed by atoms with Gasteiger partial charge >= 0.3 is 0 Å². The van der Waals surface area contributed by atoms with E-state index >= 15 is 0 Å². The van der Waals surface area contributed by atoms with E-state index < -0.39 is 0 Å². The number of hydrogen-bond donors (Lipinski definition) is 0. The molecule has 0 aromatic heterocycles. The van der Waals surface area contributed by atoms with Crippen molar-refractivity contribution in [1.82, 2.24) is 0 Å². The zero-order valence-electron chi connectivity index (χ0n) is 8.57. The van der Waals surface area contributed by atoms with E-state index in [0.717, 1.165) is 12.4 Å². The van der Waals surface area contributed by atoms with E-state index in [4.69, 9.17) is 4.74 Å². The average molecular weight is 243 g/mol. The molecule has 1 aromatic carbocycles. The van der Waals surface area contributed by atoms with E-state index in [0.29, 0.717) is 0 Å². The van der Waals surface area contributed by atoms with Gasteiger partial charge in [0.2, 0.25) is 0 Å². The molecule has 0 fully saturated rings. The van der Waals surface area contributed by atoms with Crippen LogP contribution in [0.25, 0.3) is 0 Å². The van der Waals surface area contributed by atoms with Gasteiger partial charge in [-0.2, -0.15) is 0 Å². The Kier molecular flexibility index (Phi) is 3.37. The predicted molar refractivity (Wildman–Crippen MR) is 59.5 cm³/mol. The molecule has 0 bridgehead atoms. The van der Waals surface area contributed by atoms with Crippen LogP contribution < -0.4 is 4.74 Å². The third-order valence-electron chi connectivity index (χ3n) is 2.25. The van der Waals surface area contributed by atoms with Crippen molar-refractivity contribution in [1.29, 1.82) is 0 Å². The van der Waals surface area contributed by atoms with Crippen LogP contribution >= 0.6 is 15.9 Å². The molecule has 1 nitrogen and oxygen atoms in total. The fraction of sp³-hybridized carbons (Fsp3) is 0.455. The van der Waals surface area contributed by atoms with Crippen molar-refractivity contribution in [2.45, 2.75) is 27.7 Å². The number of rotatable bonds is 2. The lowest BCUT2D eigenvalue weighted by Gasteiger charge is -2.13. The van der Waals surface area contributed by atoms with Gasteiger partial charge in [-0.25, -0.2) is 0 Å². The summed E-state index contributed by atoms with van der Waals surface area (Å²) >= 11 is 3.56. The molecule has 0 aliphatic rings. The number of halogens is 1. The van der Waals surface area contributed by atoms with E-state index in [9.17, 15) is 0 Å². The summed E-state index contributed by atoms with van der Waals surface area (Å²) < 4.78 is 6.72. The molecule has 0 spiro atoms. The van der Waals surface area contributed by atoms with E-state index in [1.54, 1.807) is 0 Å². The SMILES string of the molecule is CCOc1cc(C)c(Br)c(C)c1C. The Balaban J connectivity index is 3.24. The molecule has 0 amide bonds. The Morgan fingerprint density at radius 2 is 1.85 bits per heavy atom. The van der Waals surface area contributed by atoms with Crippen molar-refractivity contribution in [2.75, 3.05) is 6.61 Å². The third-order valence-corrected chi connectivity index (χ3v) is 3.48. The van der Waals surface area contributed by atoms with E-state index in [2.05, 4.69) is 42.8 Å². The monoisotopic (exact) mass is 242 g/mol. The maximum Gasteiger partial charge on any atom is 0.122 e. The highest BCUT2D eigenvalue weighted by atomic mass is 79.9. The molecule has 2 heteroatoms. The van der Waals surface area contributed by atoms with Gasteiger partial charge in [0.15, 0.2) is 0 Å². The van der Waals surface area contributed by atoms with Gasteiger partial charge in [-0.15, -0.1) is 0 Å². The average Bonchev–Trinajstić information content (AvgIpc) is 2.11. The molecule has 0 atom stereocenters. The first-order valence-electron chi connectivity index (χ1n) is 4.47. The largest absolute Gasteiger partial charge is 0.494 e. The number of benzene rings is 1. The van der Waals surface area contributed by atoms with Crippen molar-refractivity contribution in [3.63, 3.8) is 0 Å². The summed E-state index contributed by atoms with van der Waals surface area (Å²) in [7, 11) is 0. The van der Waals surface area contributed by atoms with Crippen LogP contribution in [-0.2, 0) is 0 Å². The smallest absolute Gasteiger partial charge is 0.122 e. The highest BCUT2D eigenvalue weighted by Gasteiger charge is 2.08. The zero-order chi connectivity index (χ0) is 10.0. The van der Waals surface area contributed by atoms with Crippen molar-refractivity contribution in [3.8, 4) is 5.75 Å². The molecule has 0 radical (unpaired) electrons. The maximum absolute atomic E-state index is 5.53. The third kappa shape index (κ3) is 2.05. The van der Waals surface area contributed by atoms with Gasteiger partial charge < -0.3 is 4.74 Å². The minimum Gasteiger partial charge on any atom is -0.494 e. The topological polar surface area (TPSA) is 9.23 Å². The van der Waals surface area contributed by atoms with Crippen LogP contribution in [-0.4, -0.2) is 6.61 Å². The van der Waals surface area contributed by atoms with Gasteiger partial charge in [-0.1, -0.05) is 15.9 Å². The molecule has 0 aliphatic carbocycles. The first-order valence-corrected chi connectivity index (χ1v) is 5.26. The van der Waals surface area contributed by atoms with Gasteiger partial charge in [-0.05, 0) is 50.5 Å². The fourth-order valence-corrected chi connectivity index (χ4v) is 1.73. The van der Waals surface area contributed by atoms with E-state index in [1.165, 1.54) is 21.2 Å². The number of ether oxygens (including phenoxy) is 1. The Bertz CT molecular complexity index is 318. The molecule has 13 heavy (non-hydrogen) atoms. The van der Waals surface area contributed by atoms with Crippen LogP contribution in [0, 0.1) is 20.8 Å². The molecule has 1 rings (SSSR count). The molecule has 1 aromatic rings. The highest BCUT2D eigenvalue weighted by molar-refractivity contribution is 9.10. The zero-order valence-corrected chi connectivity index (χ0v) is 10.2. The summed E-state index contributed by atoms with van der Waals surface area (Å²) in [6, 6.07) is 2.08.